The Bertz CT molecular complexity index is 763. The highest BCUT2D eigenvalue weighted by molar-refractivity contribution is 7.84. The minimum atomic E-state index is -0.973. The van der Waals surface area contributed by atoms with E-state index < -0.39 is 10.8 Å². The predicted octanol–water partition coefficient (Wildman–Crippen LogP) is 4.92. The lowest BCUT2D eigenvalue weighted by Gasteiger charge is -2.32. The first-order valence-corrected chi connectivity index (χ1v) is 9.92. The number of rotatable bonds is 3. The maximum absolute atomic E-state index is 11.8. The van der Waals surface area contributed by atoms with Crippen LogP contribution in [0.1, 0.15) is 41.5 Å². The Morgan fingerprint density at radius 3 is 2.48 bits per heavy atom. The van der Waals surface area contributed by atoms with Gasteiger partial charge in [0.1, 0.15) is 0 Å². The first-order chi connectivity index (χ1) is 11.0. The van der Waals surface area contributed by atoms with Crippen LogP contribution in [0.25, 0.3) is 0 Å². The van der Waals surface area contributed by atoms with E-state index in [2.05, 4.69) is 17.4 Å². The van der Waals surface area contributed by atoms with Gasteiger partial charge in [-0.25, -0.2) is 0 Å². The Balaban J connectivity index is 2.08. The molecule has 0 amide bonds. The minimum Gasteiger partial charge on any atom is -0.313 e. The van der Waals surface area contributed by atoms with Crippen LogP contribution in [-0.4, -0.2) is 17.5 Å². The molecule has 0 saturated carbocycles. The van der Waals surface area contributed by atoms with Crippen molar-refractivity contribution in [3.8, 4) is 0 Å². The highest BCUT2D eigenvalue weighted by atomic mass is 35.5. The van der Waals surface area contributed by atoms with E-state index in [4.69, 9.17) is 23.2 Å². The van der Waals surface area contributed by atoms with Crippen molar-refractivity contribution < 1.29 is 4.21 Å². The summed E-state index contributed by atoms with van der Waals surface area (Å²) >= 11 is 12.2. The van der Waals surface area contributed by atoms with Gasteiger partial charge in [0.2, 0.25) is 0 Å². The minimum absolute atomic E-state index is 0.295. The summed E-state index contributed by atoms with van der Waals surface area (Å²) in [5, 5.41) is 4.54. The summed E-state index contributed by atoms with van der Waals surface area (Å²) in [5.74, 6) is 0.295. The standard InChI is InChI=1S/C18H19Cl2NOS/c1-21-18-8-6-13(11-3-7-16(19)17(20)9-11)14-5-4-12(23(2)22)10-15(14)18/h3-5,7,9-10,13,18,21H,6,8H2,1-2H3/t13?,18-,23?/m0/s1. The molecule has 23 heavy (non-hydrogen) atoms. The fourth-order valence-corrected chi connectivity index (χ4v) is 4.23. The lowest BCUT2D eigenvalue weighted by molar-refractivity contribution is 0.469. The fourth-order valence-electron chi connectivity index (χ4n) is 3.37. The number of hydrogen-bond donors (Lipinski definition) is 1. The van der Waals surface area contributed by atoms with E-state index in [9.17, 15) is 4.21 Å². The van der Waals surface area contributed by atoms with Crippen LogP contribution in [0.15, 0.2) is 41.3 Å². The van der Waals surface area contributed by atoms with Crippen LogP contribution in [0, 0.1) is 0 Å². The van der Waals surface area contributed by atoms with E-state index in [-0.39, 0.29) is 0 Å². The molecule has 1 N–H and O–H groups in total. The number of fused-ring (bicyclic) bond motifs is 1. The van der Waals surface area contributed by atoms with E-state index >= 15 is 0 Å². The molecule has 3 atom stereocenters. The van der Waals surface area contributed by atoms with Crippen LogP contribution < -0.4 is 5.32 Å². The topological polar surface area (TPSA) is 29.1 Å². The molecule has 1 aliphatic rings. The van der Waals surface area contributed by atoms with E-state index in [1.165, 1.54) is 16.7 Å². The van der Waals surface area contributed by atoms with Gasteiger partial charge in [-0.05, 0) is 60.8 Å². The second-order valence-electron chi connectivity index (χ2n) is 5.89. The van der Waals surface area contributed by atoms with E-state index in [1.807, 2.05) is 31.3 Å². The molecule has 2 aromatic carbocycles. The maximum Gasteiger partial charge on any atom is 0.0595 e. The van der Waals surface area contributed by atoms with Crippen molar-refractivity contribution in [2.45, 2.75) is 29.7 Å². The zero-order chi connectivity index (χ0) is 16.6. The fraction of sp³-hybridized carbons (Fsp3) is 0.333. The number of hydrogen-bond acceptors (Lipinski definition) is 2. The first-order valence-electron chi connectivity index (χ1n) is 7.60. The second kappa shape index (κ2) is 6.94. The third kappa shape index (κ3) is 3.34. The molecule has 122 valence electrons. The summed E-state index contributed by atoms with van der Waals surface area (Å²) < 4.78 is 11.8. The summed E-state index contributed by atoms with van der Waals surface area (Å²) in [6.07, 6.45) is 3.80. The zero-order valence-electron chi connectivity index (χ0n) is 13.1. The van der Waals surface area contributed by atoms with Gasteiger partial charge in [-0.3, -0.25) is 4.21 Å². The normalized spacial score (nSPS) is 21.7. The SMILES string of the molecule is CN[C@H]1CCC(c2ccc(Cl)c(Cl)c2)c2ccc(S(C)=O)cc21. The lowest BCUT2D eigenvalue weighted by Crippen LogP contribution is -2.24. The van der Waals surface area contributed by atoms with Crippen molar-refractivity contribution in [1.29, 1.82) is 0 Å². The van der Waals surface area contributed by atoms with E-state index in [0.29, 0.717) is 22.0 Å². The van der Waals surface area contributed by atoms with Gasteiger partial charge < -0.3 is 5.32 Å². The van der Waals surface area contributed by atoms with Gasteiger partial charge in [-0.1, -0.05) is 35.3 Å². The van der Waals surface area contributed by atoms with Gasteiger partial charge in [-0.2, -0.15) is 0 Å². The molecule has 5 heteroatoms. The lowest BCUT2D eigenvalue weighted by atomic mass is 9.77. The summed E-state index contributed by atoms with van der Waals surface area (Å²) in [5.41, 5.74) is 3.70. The van der Waals surface area contributed by atoms with Crippen LogP contribution in [-0.2, 0) is 10.8 Å². The molecular weight excluding hydrogens is 349 g/mol. The maximum atomic E-state index is 11.8. The van der Waals surface area contributed by atoms with Crippen LogP contribution in [0.5, 0.6) is 0 Å². The van der Waals surface area contributed by atoms with E-state index in [1.54, 1.807) is 6.26 Å². The Labute approximate surface area is 149 Å². The molecule has 0 heterocycles. The molecule has 0 saturated heterocycles. The first kappa shape index (κ1) is 17.0. The van der Waals surface area contributed by atoms with Crippen molar-refractivity contribution in [3.05, 3.63) is 63.1 Å². The van der Waals surface area contributed by atoms with Crippen molar-refractivity contribution >= 4 is 34.0 Å². The van der Waals surface area contributed by atoms with Gasteiger partial charge in [0, 0.05) is 33.9 Å². The molecule has 0 aliphatic heterocycles. The number of nitrogens with one attached hydrogen (secondary N) is 1. The average Bonchev–Trinajstić information content (AvgIpc) is 2.55. The smallest absolute Gasteiger partial charge is 0.0595 e. The molecule has 2 aromatic rings. The van der Waals surface area contributed by atoms with Crippen molar-refractivity contribution in [3.63, 3.8) is 0 Å². The molecule has 1 aliphatic carbocycles. The van der Waals surface area contributed by atoms with Crippen molar-refractivity contribution in [2.24, 2.45) is 0 Å². The van der Waals surface area contributed by atoms with Crippen LogP contribution in [0.2, 0.25) is 10.0 Å². The summed E-state index contributed by atoms with van der Waals surface area (Å²) in [4.78, 5) is 0.874. The van der Waals surface area contributed by atoms with Gasteiger partial charge in [0.05, 0.1) is 10.0 Å². The summed E-state index contributed by atoms with van der Waals surface area (Å²) in [7, 11) is 1.00. The Morgan fingerprint density at radius 2 is 1.83 bits per heavy atom. The van der Waals surface area contributed by atoms with E-state index in [0.717, 1.165) is 17.7 Å². The highest BCUT2D eigenvalue weighted by Gasteiger charge is 2.28. The zero-order valence-corrected chi connectivity index (χ0v) is 15.4. The van der Waals surface area contributed by atoms with Crippen LogP contribution in [0.3, 0.4) is 0 Å². The van der Waals surface area contributed by atoms with Gasteiger partial charge >= 0.3 is 0 Å². The summed E-state index contributed by atoms with van der Waals surface area (Å²) in [6.45, 7) is 0. The van der Waals surface area contributed by atoms with Gasteiger partial charge in [0.25, 0.3) is 0 Å². The molecule has 0 aromatic heterocycles. The predicted molar refractivity (Wildman–Crippen MR) is 98.1 cm³/mol. The van der Waals surface area contributed by atoms with Crippen LogP contribution >= 0.6 is 23.2 Å². The third-order valence-corrected chi connectivity index (χ3v) is 6.24. The van der Waals surface area contributed by atoms with Crippen LogP contribution in [0.4, 0.5) is 0 Å². The molecular formula is C18H19Cl2NOS. The van der Waals surface area contributed by atoms with Crippen molar-refractivity contribution in [2.75, 3.05) is 13.3 Å². The summed E-state index contributed by atoms with van der Waals surface area (Å²) in [6, 6.07) is 12.3. The monoisotopic (exact) mass is 367 g/mol. The van der Waals surface area contributed by atoms with Gasteiger partial charge in [-0.15, -0.1) is 0 Å². The number of benzene rings is 2. The average molecular weight is 368 g/mol. The quantitative estimate of drug-likeness (QED) is 0.834. The molecule has 2 nitrogen and oxygen atoms in total. The van der Waals surface area contributed by atoms with Crippen molar-refractivity contribution in [1.82, 2.24) is 5.32 Å². The highest BCUT2D eigenvalue weighted by Crippen LogP contribution is 2.42. The largest absolute Gasteiger partial charge is 0.313 e. The molecule has 0 fully saturated rings. The molecule has 0 bridgehead atoms. The Hall–Kier alpha value is -0.870. The molecule has 3 rings (SSSR count). The molecule has 0 radical (unpaired) electrons. The molecule has 0 spiro atoms. The Morgan fingerprint density at radius 1 is 1.04 bits per heavy atom. The number of halogens is 2. The molecule has 2 unspecified atom stereocenters. The third-order valence-electron chi connectivity index (χ3n) is 4.58. The Kier molecular flexibility index (Phi) is 5.12. The van der Waals surface area contributed by atoms with Gasteiger partial charge in [0.15, 0.2) is 0 Å². The second-order valence-corrected chi connectivity index (χ2v) is 8.08.